The van der Waals surface area contributed by atoms with E-state index in [2.05, 4.69) is 0 Å². The molecule has 0 spiro atoms. The summed E-state index contributed by atoms with van der Waals surface area (Å²) < 4.78 is 0. The average Bonchev–Trinajstić information content (AvgIpc) is 2.45. The van der Waals surface area contributed by atoms with Crippen LogP contribution < -0.4 is 0 Å². The van der Waals surface area contributed by atoms with Crippen molar-refractivity contribution in [2.45, 2.75) is 46.5 Å². The van der Waals surface area contributed by atoms with Crippen molar-refractivity contribution in [3.8, 4) is 0 Å². The number of carbonyl (C=O) groups is 1. The summed E-state index contributed by atoms with van der Waals surface area (Å²) in [7, 11) is 0. The molecule has 0 bridgehead atoms. The van der Waals surface area contributed by atoms with E-state index in [1.807, 2.05) is 19.9 Å². The van der Waals surface area contributed by atoms with Gasteiger partial charge in [-0.1, -0.05) is 32.8 Å². The minimum absolute atomic E-state index is 0.00361. The number of carboxylic acid groups (broad SMARTS) is 1. The Bertz CT molecular complexity index is 363. The van der Waals surface area contributed by atoms with Gasteiger partial charge in [0.05, 0.1) is 0 Å². The first-order valence-corrected chi connectivity index (χ1v) is 7.53. The molecule has 0 radical (unpaired) electrons. The largest absolute Gasteiger partial charge is 0.478 e. The molecule has 0 aromatic heterocycles. The molecule has 3 N–H and O–H groups in total. The lowest BCUT2D eigenvalue weighted by atomic mass is 9.56. The highest BCUT2D eigenvalue weighted by molar-refractivity contribution is 5.85. The first-order chi connectivity index (χ1) is 9.39. The van der Waals surface area contributed by atoms with Crippen molar-refractivity contribution in [3.63, 3.8) is 0 Å². The van der Waals surface area contributed by atoms with Gasteiger partial charge in [0, 0.05) is 18.8 Å². The number of carboxylic acids is 1. The zero-order valence-corrected chi connectivity index (χ0v) is 12.8. The minimum Gasteiger partial charge on any atom is -0.478 e. The van der Waals surface area contributed by atoms with Crippen LogP contribution in [0.5, 0.6) is 0 Å². The van der Waals surface area contributed by atoms with Crippen LogP contribution in [0.25, 0.3) is 0 Å². The van der Waals surface area contributed by atoms with Crippen LogP contribution in [0.2, 0.25) is 0 Å². The second kappa shape index (κ2) is 7.23. The van der Waals surface area contributed by atoms with Crippen molar-refractivity contribution >= 4 is 5.97 Å². The van der Waals surface area contributed by atoms with Gasteiger partial charge in [-0.05, 0) is 42.9 Å². The summed E-state index contributed by atoms with van der Waals surface area (Å²) in [5, 5.41) is 28.3. The Kier molecular flexibility index (Phi) is 6.21. The van der Waals surface area contributed by atoms with E-state index in [9.17, 15) is 20.1 Å². The van der Waals surface area contributed by atoms with Crippen molar-refractivity contribution in [2.24, 2.45) is 23.2 Å². The van der Waals surface area contributed by atoms with Gasteiger partial charge in [0.25, 0.3) is 0 Å². The maximum atomic E-state index is 11.2. The number of allylic oxidation sites excluding steroid dienone is 1. The van der Waals surface area contributed by atoms with Gasteiger partial charge in [-0.15, -0.1) is 0 Å². The summed E-state index contributed by atoms with van der Waals surface area (Å²) in [6, 6.07) is 0. The van der Waals surface area contributed by atoms with Gasteiger partial charge in [-0.25, -0.2) is 4.79 Å². The molecule has 1 rings (SSSR count). The lowest BCUT2D eigenvalue weighted by molar-refractivity contribution is -0.132. The molecule has 0 saturated heterocycles. The predicted molar refractivity (Wildman–Crippen MR) is 78.3 cm³/mol. The fourth-order valence-electron chi connectivity index (χ4n) is 3.76. The molecular formula is C16H28O4. The third-order valence-electron chi connectivity index (χ3n) is 5.05. The summed E-state index contributed by atoms with van der Waals surface area (Å²) in [5.74, 6) is -0.577. The Labute approximate surface area is 121 Å². The van der Waals surface area contributed by atoms with Crippen LogP contribution in [-0.2, 0) is 4.79 Å². The molecule has 1 aliphatic rings. The Morgan fingerprint density at radius 1 is 1.30 bits per heavy atom. The molecule has 1 aliphatic carbocycles. The lowest BCUT2D eigenvalue weighted by Gasteiger charge is -2.48. The highest BCUT2D eigenvalue weighted by Crippen LogP contribution is 2.51. The van der Waals surface area contributed by atoms with Gasteiger partial charge in [-0.3, -0.25) is 0 Å². The molecule has 0 aliphatic heterocycles. The van der Waals surface area contributed by atoms with E-state index in [-0.39, 0.29) is 36.4 Å². The lowest BCUT2D eigenvalue weighted by Crippen LogP contribution is -2.43. The van der Waals surface area contributed by atoms with E-state index in [0.29, 0.717) is 5.57 Å². The van der Waals surface area contributed by atoms with Crippen molar-refractivity contribution < 1.29 is 20.1 Å². The Morgan fingerprint density at radius 2 is 1.95 bits per heavy atom. The van der Waals surface area contributed by atoms with E-state index in [4.69, 9.17) is 0 Å². The Balaban J connectivity index is 3.25. The molecule has 4 nitrogen and oxygen atoms in total. The Morgan fingerprint density at radius 3 is 2.45 bits per heavy atom. The smallest absolute Gasteiger partial charge is 0.330 e. The van der Waals surface area contributed by atoms with Crippen LogP contribution in [0.3, 0.4) is 0 Å². The molecule has 116 valence electrons. The molecule has 1 saturated carbocycles. The Hall–Kier alpha value is -0.870. The summed E-state index contributed by atoms with van der Waals surface area (Å²) in [6.07, 6.45) is 5.87. The quantitative estimate of drug-likeness (QED) is 0.655. The van der Waals surface area contributed by atoms with Crippen LogP contribution in [0.4, 0.5) is 0 Å². The van der Waals surface area contributed by atoms with Crippen LogP contribution in [0.15, 0.2) is 11.6 Å². The highest BCUT2D eigenvalue weighted by atomic mass is 16.4. The number of hydrogen-bond donors (Lipinski definition) is 3. The molecule has 4 atom stereocenters. The number of rotatable bonds is 6. The number of aliphatic hydroxyl groups is 2. The SMILES string of the molecule is CC(=CC1(C(C)CO)CCCCC1C(C)CO)C(=O)O. The monoisotopic (exact) mass is 284 g/mol. The number of hydrogen-bond acceptors (Lipinski definition) is 3. The molecule has 0 aromatic carbocycles. The highest BCUT2D eigenvalue weighted by Gasteiger charge is 2.45. The minimum atomic E-state index is -0.907. The molecule has 0 amide bonds. The van der Waals surface area contributed by atoms with Gasteiger partial charge < -0.3 is 15.3 Å². The molecule has 20 heavy (non-hydrogen) atoms. The summed E-state index contributed by atoms with van der Waals surface area (Å²) in [6.45, 7) is 5.75. The van der Waals surface area contributed by atoms with Crippen LogP contribution in [-0.4, -0.2) is 34.5 Å². The zero-order valence-electron chi connectivity index (χ0n) is 12.8. The van der Waals surface area contributed by atoms with E-state index in [1.165, 1.54) is 0 Å². The molecule has 1 fully saturated rings. The van der Waals surface area contributed by atoms with Crippen molar-refractivity contribution in [2.75, 3.05) is 13.2 Å². The third-order valence-corrected chi connectivity index (χ3v) is 5.05. The summed E-state index contributed by atoms with van der Waals surface area (Å²) in [4.78, 5) is 11.2. The normalized spacial score (nSPS) is 30.9. The van der Waals surface area contributed by atoms with E-state index in [1.54, 1.807) is 6.92 Å². The summed E-state index contributed by atoms with van der Waals surface area (Å²) >= 11 is 0. The van der Waals surface area contributed by atoms with Gasteiger partial charge in [0.15, 0.2) is 0 Å². The molecule has 0 aromatic rings. The second-order valence-electron chi connectivity index (χ2n) is 6.34. The second-order valence-corrected chi connectivity index (χ2v) is 6.34. The van der Waals surface area contributed by atoms with Gasteiger partial charge in [-0.2, -0.15) is 0 Å². The average molecular weight is 284 g/mol. The van der Waals surface area contributed by atoms with Crippen molar-refractivity contribution in [1.29, 1.82) is 0 Å². The van der Waals surface area contributed by atoms with Crippen LogP contribution in [0.1, 0.15) is 46.5 Å². The topological polar surface area (TPSA) is 77.8 Å². The molecule has 4 heteroatoms. The van der Waals surface area contributed by atoms with Gasteiger partial charge in [0.1, 0.15) is 0 Å². The summed E-state index contributed by atoms with van der Waals surface area (Å²) in [5.41, 5.74) is 0.0137. The van der Waals surface area contributed by atoms with Gasteiger partial charge >= 0.3 is 5.97 Å². The first-order valence-electron chi connectivity index (χ1n) is 7.53. The molecule has 0 heterocycles. The first kappa shape index (κ1) is 17.2. The van der Waals surface area contributed by atoms with E-state index >= 15 is 0 Å². The van der Waals surface area contributed by atoms with Crippen LogP contribution in [0, 0.1) is 23.2 Å². The fourth-order valence-corrected chi connectivity index (χ4v) is 3.76. The standard InChI is InChI=1S/C16H28O4/c1-11(15(19)20)8-16(13(3)10-18)7-5-4-6-14(16)12(2)9-17/h8,12-14,17-18H,4-7,9-10H2,1-3H3,(H,19,20). The molecular weight excluding hydrogens is 256 g/mol. The van der Waals surface area contributed by atoms with Crippen molar-refractivity contribution in [3.05, 3.63) is 11.6 Å². The maximum Gasteiger partial charge on any atom is 0.330 e. The number of aliphatic carboxylic acids is 1. The van der Waals surface area contributed by atoms with E-state index < -0.39 is 5.97 Å². The van der Waals surface area contributed by atoms with E-state index in [0.717, 1.165) is 25.7 Å². The van der Waals surface area contributed by atoms with Crippen LogP contribution >= 0.6 is 0 Å². The zero-order chi connectivity index (χ0) is 15.3. The number of aliphatic hydroxyl groups excluding tert-OH is 2. The predicted octanol–water partition coefficient (Wildman–Crippen LogP) is 2.45. The maximum absolute atomic E-state index is 11.2. The van der Waals surface area contributed by atoms with Gasteiger partial charge in [0.2, 0.25) is 0 Å². The van der Waals surface area contributed by atoms with Crippen molar-refractivity contribution in [1.82, 2.24) is 0 Å². The fraction of sp³-hybridized carbons (Fsp3) is 0.812. The molecule has 4 unspecified atom stereocenters. The third kappa shape index (κ3) is 3.41.